The van der Waals surface area contributed by atoms with Gasteiger partial charge in [-0.15, -0.1) is 0 Å². The summed E-state index contributed by atoms with van der Waals surface area (Å²) in [6, 6.07) is 14.8. The fraction of sp³-hybridized carbons (Fsp3) is 0.409. The molecule has 0 fully saturated rings. The molecule has 0 saturated carbocycles. The van der Waals surface area contributed by atoms with E-state index in [2.05, 4.69) is 30.4 Å². The SMILES string of the molecule is CCc1ccc(N([C@H](C)C(=O)NCCSCc2cccc(C)c2)S(C)(=O)=O)cc1. The van der Waals surface area contributed by atoms with Gasteiger partial charge in [-0.05, 0) is 43.5 Å². The Balaban J connectivity index is 1.91. The Hall–Kier alpha value is -1.99. The van der Waals surface area contributed by atoms with E-state index in [9.17, 15) is 13.2 Å². The molecule has 0 spiro atoms. The summed E-state index contributed by atoms with van der Waals surface area (Å²) in [7, 11) is -3.59. The van der Waals surface area contributed by atoms with Gasteiger partial charge in [-0.1, -0.05) is 48.9 Å². The highest BCUT2D eigenvalue weighted by molar-refractivity contribution is 7.98. The third kappa shape index (κ3) is 7.08. The number of carbonyl (C=O) groups is 1. The van der Waals surface area contributed by atoms with Crippen molar-refractivity contribution in [2.24, 2.45) is 0 Å². The number of amides is 1. The summed E-state index contributed by atoms with van der Waals surface area (Å²) in [4.78, 5) is 12.6. The Bertz CT molecular complexity index is 912. The number of nitrogens with one attached hydrogen (secondary N) is 1. The maximum absolute atomic E-state index is 12.6. The minimum atomic E-state index is -3.59. The zero-order chi connectivity index (χ0) is 21.4. The molecule has 0 aliphatic rings. The first-order valence-corrected chi connectivity index (χ1v) is 12.7. The highest BCUT2D eigenvalue weighted by Gasteiger charge is 2.28. The summed E-state index contributed by atoms with van der Waals surface area (Å²) in [5.41, 5.74) is 4.11. The van der Waals surface area contributed by atoms with Crippen LogP contribution in [0.1, 0.15) is 30.5 Å². The fourth-order valence-corrected chi connectivity index (χ4v) is 5.05. The van der Waals surface area contributed by atoms with Crippen LogP contribution < -0.4 is 9.62 Å². The van der Waals surface area contributed by atoms with Crippen LogP contribution in [0.25, 0.3) is 0 Å². The smallest absolute Gasteiger partial charge is 0.243 e. The predicted octanol–water partition coefficient (Wildman–Crippen LogP) is 3.76. The number of carbonyl (C=O) groups excluding carboxylic acids is 1. The third-order valence-electron chi connectivity index (χ3n) is 4.58. The van der Waals surface area contributed by atoms with E-state index in [1.807, 2.05) is 25.1 Å². The van der Waals surface area contributed by atoms with Gasteiger partial charge in [0.2, 0.25) is 15.9 Å². The number of rotatable bonds is 10. The molecule has 2 aromatic rings. The number of nitrogens with zero attached hydrogens (tertiary/aromatic N) is 1. The lowest BCUT2D eigenvalue weighted by Gasteiger charge is -2.28. The highest BCUT2D eigenvalue weighted by atomic mass is 32.2. The van der Waals surface area contributed by atoms with E-state index in [4.69, 9.17) is 0 Å². The second-order valence-corrected chi connectivity index (χ2v) is 10.1. The van der Waals surface area contributed by atoms with Crippen LogP contribution >= 0.6 is 11.8 Å². The minimum absolute atomic E-state index is 0.300. The normalized spacial score (nSPS) is 12.4. The molecule has 0 saturated heterocycles. The highest BCUT2D eigenvalue weighted by Crippen LogP contribution is 2.21. The lowest BCUT2D eigenvalue weighted by atomic mass is 10.1. The second-order valence-electron chi connectivity index (χ2n) is 7.09. The topological polar surface area (TPSA) is 66.5 Å². The zero-order valence-electron chi connectivity index (χ0n) is 17.5. The van der Waals surface area contributed by atoms with Crippen LogP contribution in [0, 0.1) is 6.92 Å². The van der Waals surface area contributed by atoms with Gasteiger partial charge in [-0.2, -0.15) is 11.8 Å². The molecular formula is C22H30N2O3S2. The van der Waals surface area contributed by atoms with E-state index in [1.165, 1.54) is 15.4 Å². The lowest BCUT2D eigenvalue weighted by molar-refractivity contribution is -0.121. The van der Waals surface area contributed by atoms with Crippen molar-refractivity contribution in [1.29, 1.82) is 0 Å². The molecule has 0 unspecified atom stereocenters. The van der Waals surface area contributed by atoms with E-state index in [0.717, 1.165) is 29.7 Å². The Morgan fingerprint density at radius 1 is 1.14 bits per heavy atom. The number of hydrogen-bond donors (Lipinski definition) is 1. The van der Waals surface area contributed by atoms with Crippen molar-refractivity contribution in [3.63, 3.8) is 0 Å². The van der Waals surface area contributed by atoms with Crippen LogP contribution in [0.15, 0.2) is 48.5 Å². The van der Waals surface area contributed by atoms with Crippen LogP contribution in [0.4, 0.5) is 5.69 Å². The van der Waals surface area contributed by atoms with Crippen molar-refractivity contribution < 1.29 is 13.2 Å². The van der Waals surface area contributed by atoms with Crippen LogP contribution in [-0.4, -0.2) is 38.9 Å². The summed E-state index contributed by atoms with van der Waals surface area (Å²) in [6.45, 7) is 6.21. The van der Waals surface area contributed by atoms with Gasteiger partial charge < -0.3 is 5.32 Å². The number of thioether (sulfide) groups is 1. The van der Waals surface area contributed by atoms with Gasteiger partial charge in [0.15, 0.2) is 0 Å². The molecule has 0 heterocycles. The summed E-state index contributed by atoms with van der Waals surface area (Å²) >= 11 is 1.74. The molecule has 0 aliphatic heterocycles. The number of aryl methyl sites for hydroxylation is 2. The van der Waals surface area contributed by atoms with Crippen LogP contribution in [0.2, 0.25) is 0 Å². The molecule has 2 rings (SSSR count). The largest absolute Gasteiger partial charge is 0.353 e. The molecule has 1 N–H and O–H groups in total. The number of anilines is 1. The first kappa shape index (κ1) is 23.3. The van der Waals surface area contributed by atoms with Crippen LogP contribution in [-0.2, 0) is 27.0 Å². The van der Waals surface area contributed by atoms with E-state index in [-0.39, 0.29) is 5.91 Å². The molecule has 158 valence electrons. The number of hydrogen-bond acceptors (Lipinski definition) is 4. The van der Waals surface area contributed by atoms with Crippen molar-refractivity contribution in [3.05, 3.63) is 65.2 Å². The van der Waals surface area contributed by atoms with Crippen molar-refractivity contribution in [2.75, 3.05) is 22.9 Å². The van der Waals surface area contributed by atoms with Crippen molar-refractivity contribution in [2.45, 2.75) is 39.0 Å². The number of benzene rings is 2. The van der Waals surface area contributed by atoms with Gasteiger partial charge in [0.25, 0.3) is 0 Å². The van der Waals surface area contributed by atoms with Crippen molar-refractivity contribution >= 4 is 33.4 Å². The summed E-state index contributed by atoms with van der Waals surface area (Å²) in [6.07, 6.45) is 2.00. The first-order valence-electron chi connectivity index (χ1n) is 9.71. The van der Waals surface area contributed by atoms with Gasteiger partial charge in [0, 0.05) is 18.1 Å². The molecule has 0 aromatic heterocycles. The maximum Gasteiger partial charge on any atom is 0.243 e. The molecule has 0 radical (unpaired) electrons. The molecule has 5 nitrogen and oxygen atoms in total. The van der Waals surface area contributed by atoms with E-state index >= 15 is 0 Å². The Morgan fingerprint density at radius 2 is 1.83 bits per heavy atom. The number of sulfonamides is 1. The molecule has 29 heavy (non-hydrogen) atoms. The van der Waals surface area contributed by atoms with Gasteiger partial charge in [-0.25, -0.2) is 8.42 Å². The molecular weight excluding hydrogens is 404 g/mol. The molecule has 0 aliphatic carbocycles. The minimum Gasteiger partial charge on any atom is -0.353 e. The zero-order valence-corrected chi connectivity index (χ0v) is 19.1. The third-order valence-corrected chi connectivity index (χ3v) is 6.86. The van der Waals surface area contributed by atoms with Gasteiger partial charge in [0.1, 0.15) is 6.04 Å². The van der Waals surface area contributed by atoms with E-state index in [1.54, 1.807) is 30.8 Å². The lowest BCUT2D eigenvalue weighted by Crippen LogP contribution is -2.48. The summed E-state index contributed by atoms with van der Waals surface area (Å²) < 4.78 is 25.9. The molecule has 0 bridgehead atoms. The van der Waals surface area contributed by atoms with Gasteiger partial charge in [0.05, 0.1) is 11.9 Å². The average Bonchev–Trinajstić information content (AvgIpc) is 2.67. The Labute approximate surface area is 178 Å². The molecule has 7 heteroatoms. The fourth-order valence-electron chi connectivity index (χ4n) is 3.07. The van der Waals surface area contributed by atoms with Gasteiger partial charge >= 0.3 is 0 Å². The molecule has 1 amide bonds. The second kappa shape index (κ2) is 10.7. The monoisotopic (exact) mass is 434 g/mol. The summed E-state index contributed by atoms with van der Waals surface area (Å²) in [5, 5.41) is 2.86. The van der Waals surface area contributed by atoms with Crippen LogP contribution in [0.5, 0.6) is 0 Å². The van der Waals surface area contributed by atoms with Crippen LogP contribution in [0.3, 0.4) is 0 Å². The maximum atomic E-state index is 12.6. The summed E-state index contributed by atoms with van der Waals surface area (Å²) in [5.74, 6) is 1.34. The van der Waals surface area contributed by atoms with Gasteiger partial charge in [-0.3, -0.25) is 9.10 Å². The van der Waals surface area contributed by atoms with E-state index in [0.29, 0.717) is 12.2 Å². The molecule has 1 atom stereocenters. The van der Waals surface area contributed by atoms with Crippen molar-refractivity contribution in [1.82, 2.24) is 5.32 Å². The van der Waals surface area contributed by atoms with Crippen molar-refractivity contribution in [3.8, 4) is 0 Å². The van der Waals surface area contributed by atoms with E-state index < -0.39 is 16.1 Å². The Kier molecular flexibility index (Phi) is 8.59. The molecule has 2 aromatic carbocycles. The average molecular weight is 435 g/mol. The predicted molar refractivity (Wildman–Crippen MR) is 123 cm³/mol. The Morgan fingerprint density at radius 3 is 2.41 bits per heavy atom. The first-order chi connectivity index (χ1) is 13.7. The quantitative estimate of drug-likeness (QED) is 0.578. The standard InChI is InChI=1S/C22H30N2O3S2/c1-5-19-9-11-21(12-10-19)24(29(4,26)27)18(3)22(25)23-13-14-28-16-20-8-6-7-17(2)15-20/h6-12,15,18H,5,13-14,16H2,1-4H3,(H,23,25)/t18-/m1/s1.